The summed E-state index contributed by atoms with van der Waals surface area (Å²) in [7, 11) is 0. The lowest BCUT2D eigenvalue weighted by Crippen LogP contribution is -2.23. The standard InChI is InChI=1S/C17H16N2O/c1-2-12-6-7-16-15(9-12)19-11-17(20-16)14-5-3-4-13(8-14)10-18/h3-9,17,19H,2,11H2,1H3. The van der Waals surface area contributed by atoms with Crippen LogP contribution in [0.5, 0.6) is 5.75 Å². The van der Waals surface area contributed by atoms with Gasteiger partial charge < -0.3 is 10.1 Å². The number of rotatable bonds is 2. The molecule has 0 bridgehead atoms. The summed E-state index contributed by atoms with van der Waals surface area (Å²) >= 11 is 0. The summed E-state index contributed by atoms with van der Waals surface area (Å²) < 4.78 is 6.05. The Balaban J connectivity index is 1.86. The summed E-state index contributed by atoms with van der Waals surface area (Å²) in [4.78, 5) is 0. The van der Waals surface area contributed by atoms with Crippen molar-refractivity contribution < 1.29 is 4.74 Å². The van der Waals surface area contributed by atoms with Gasteiger partial charge in [0.25, 0.3) is 0 Å². The Labute approximate surface area is 118 Å². The molecule has 3 heteroatoms. The highest BCUT2D eigenvalue weighted by atomic mass is 16.5. The molecule has 0 aromatic heterocycles. The van der Waals surface area contributed by atoms with E-state index in [0.29, 0.717) is 5.56 Å². The van der Waals surface area contributed by atoms with Crippen LogP contribution < -0.4 is 10.1 Å². The molecule has 0 saturated heterocycles. The molecule has 100 valence electrons. The maximum Gasteiger partial charge on any atom is 0.143 e. The predicted molar refractivity (Wildman–Crippen MR) is 78.8 cm³/mol. The summed E-state index contributed by atoms with van der Waals surface area (Å²) in [5.74, 6) is 0.876. The molecule has 1 unspecified atom stereocenters. The van der Waals surface area contributed by atoms with E-state index in [9.17, 15) is 0 Å². The van der Waals surface area contributed by atoms with Crippen LogP contribution in [0.25, 0.3) is 0 Å². The van der Waals surface area contributed by atoms with E-state index in [0.717, 1.165) is 30.0 Å². The van der Waals surface area contributed by atoms with Crippen LogP contribution in [0.15, 0.2) is 42.5 Å². The second kappa shape index (κ2) is 5.26. The van der Waals surface area contributed by atoms with Crippen molar-refractivity contribution >= 4 is 5.69 Å². The monoisotopic (exact) mass is 264 g/mol. The van der Waals surface area contributed by atoms with Crippen molar-refractivity contribution in [1.82, 2.24) is 0 Å². The number of nitrogens with zero attached hydrogens (tertiary/aromatic N) is 1. The van der Waals surface area contributed by atoms with Gasteiger partial charge in [-0.1, -0.05) is 25.1 Å². The number of ether oxygens (including phenoxy) is 1. The van der Waals surface area contributed by atoms with E-state index in [1.54, 1.807) is 6.07 Å². The van der Waals surface area contributed by atoms with Crippen LogP contribution in [0.3, 0.4) is 0 Å². The van der Waals surface area contributed by atoms with Crippen LogP contribution in [-0.2, 0) is 6.42 Å². The number of fused-ring (bicyclic) bond motifs is 1. The zero-order valence-electron chi connectivity index (χ0n) is 11.4. The molecule has 0 fully saturated rings. The molecule has 20 heavy (non-hydrogen) atoms. The van der Waals surface area contributed by atoms with E-state index >= 15 is 0 Å². The van der Waals surface area contributed by atoms with E-state index in [2.05, 4.69) is 30.4 Å². The third-order valence-corrected chi connectivity index (χ3v) is 3.59. The first-order chi connectivity index (χ1) is 9.80. The highest BCUT2D eigenvalue weighted by Crippen LogP contribution is 2.35. The lowest BCUT2D eigenvalue weighted by atomic mass is 10.0. The molecule has 1 aliphatic heterocycles. The van der Waals surface area contributed by atoms with Gasteiger partial charge in [-0.15, -0.1) is 0 Å². The topological polar surface area (TPSA) is 45.0 Å². The van der Waals surface area contributed by atoms with Crippen LogP contribution in [0.2, 0.25) is 0 Å². The number of aryl methyl sites for hydroxylation is 1. The van der Waals surface area contributed by atoms with Gasteiger partial charge in [-0.2, -0.15) is 5.26 Å². The van der Waals surface area contributed by atoms with Gasteiger partial charge in [0.15, 0.2) is 0 Å². The lowest BCUT2D eigenvalue weighted by Gasteiger charge is -2.28. The Morgan fingerprint density at radius 1 is 1.30 bits per heavy atom. The Hall–Kier alpha value is -2.47. The van der Waals surface area contributed by atoms with Crippen molar-refractivity contribution in [1.29, 1.82) is 5.26 Å². The van der Waals surface area contributed by atoms with Crippen LogP contribution >= 0.6 is 0 Å². The van der Waals surface area contributed by atoms with Gasteiger partial charge >= 0.3 is 0 Å². The summed E-state index contributed by atoms with van der Waals surface area (Å²) in [5.41, 5.74) is 4.04. The van der Waals surface area contributed by atoms with Crippen molar-refractivity contribution in [3.05, 3.63) is 59.2 Å². The SMILES string of the molecule is CCc1ccc2c(c1)NCC(c1cccc(C#N)c1)O2. The Morgan fingerprint density at radius 2 is 2.20 bits per heavy atom. The number of nitriles is 1. The van der Waals surface area contributed by atoms with Gasteiger partial charge in [0.1, 0.15) is 11.9 Å². The van der Waals surface area contributed by atoms with Gasteiger partial charge in [0.2, 0.25) is 0 Å². The van der Waals surface area contributed by atoms with Crippen LogP contribution in [0.1, 0.15) is 29.7 Å². The minimum Gasteiger partial charge on any atom is -0.482 e. The van der Waals surface area contributed by atoms with Gasteiger partial charge in [0, 0.05) is 0 Å². The predicted octanol–water partition coefficient (Wildman–Crippen LogP) is 3.67. The van der Waals surface area contributed by atoms with Crippen LogP contribution in [-0.4, -0.2) is 6.54 Å². The number of benzene rings is 2. The summed E-state index contributed by atoms with van der Waals surface area (Å²) in [5, 5.41) is 12.4. The van der Waals surface area contributed by atoms with E-state index in [1.807, 2.05) is 24.3 Å². The highest BCUT2D eigenvalue weighted by molar-refractivity contribution is 5.60. The van der Waals surface area contributed by atoms with E-state index in [1.165, 1.54) is 5.56 Å². The van der Waals surface area contributed by atoms with Gasteiger partial charge in [-0.05, 0) is 41.8 Å². The molecular weight excluding hydrogens is 248 g/mol. The third-order valence-electron chi connectivity index (χ3n) is 3.59. The second-order valence-corrected chi connectivity index (χ2v) is 4.91. The van der Waals surface area contributed by atoms with Gasteiger partial charge in [-0.25, -0.2) is 0 Å². The summed E-state index contributed by atoms with van der Waals surface area (Å²) in [6, 6.07) is 16.0. The van der Waals surface area contributed by atoms with Crippen molar-refractivity contribution in [2.75, 3.05) is 11.9 Å². The molecule has 0 saturated carbocycles. The maximum absolute atomic E-state index is 8.97. The average Bonchev–Trinajstić information content (AvgIpc) is 2.54. The van der Waals surface area contributed by atoms with E-state index in [-0.39, 0.29) is 6.10 Å². The number of hydrogen-bond donors (Lipinski definition) is 1. The molecule has 3 rings (SSSR count). The minimum absolute atomic E-state index is 0.0525. The fourth-order valence-electron chi connectivity index (χ4n) is 2.43. The number of hydrogen-bond acceptors (Lipinski definition) is 3. The van der Waals surface area contributed by atoms with Crippen molar-refractivity contribution in [3.8, 4) is 11.8 Å². The molecule has 2 aromatic rings. The molecule has 1 N–H and O–H groups in total. The zero-order chi connectivity index (χ0) is 13.9. The van der Waals surface area contributed by atoms with Gasteiger partial charge in [-0.3, -0.25) is 0 Å². The Morgan fingerprint density at radius 3 is 3.00 bits per heavy atom. The van der Waals surface area contributed by atoms with E-state index in [4.69, 9.17) is 10.00 Å². The first kappa shape index (κ1) is 12.6. The van der Waals surface area contributed by atoms with Crippen molar-refractivity contribution in [2.24, 2.45) is 0 Å². The van der Waals surface area contributed by atoms with Crippen molar-refractivity contribution in [2.45, 2.75) is 19.4 Å². The molecule has 0 amide bonds. The van der Waals surface area contributed by atoms with Gasteiger partial charge in [0.05, 0.1) is 23.9 Å². The van der Waals surface area contributed by atoms with Crippen LogP contribution in [0.4, 0.5) is 5.69 Å². The molecule has 2 aromatic carbocycles. The average molecular weight is 264 g/mol. The molecule has 0 aliphatic carbocycles. The van der Waals surface area contributed by atoms with Crippen LogP contribution in [0, 0.1) is 11.3 Å². The lowest BCUT2D eigenvalue weighted by molar-refractivity contribution is 0.210. The molecule has 1 aliphatic rings. The largest absolute Gasteiger partial charge is 0.482 e. The molecule has 1 atom stereocenters. The highest BCUT2D eigenvalue weighted by Gasteiger charge is 2.21. The summed E-state index contributed by atoms with van der Waals surface area (Å²) in [6.07, 6.45) is 0.964. The Kier molecular flexibility index (Phi) is 3.30. The molecule has 1 heterocycles. The first-order valence-electron chi connectivity index (χ1n) is 6.83. The number of nitrogens with one attached hydrogen (secondary N) is 1. The quantitative estimate of drug-likeness (QED) is 0.900. The Bertz CT molecular complexity index is 673. The maximum atomic E-state index is 8.97. The fourth-order valence-corrected chi connectivity index (χ4v) is 2.43. The molecule has 0 radical (unpaired) electrons. The third kappa shape index (κ3) is 2.33. The first-order valence-corrected chi connectivity index (χ1v) is 6.83. The molecular formula is C17H16N2O. The molecule has 0 spiro atoms. The summed E-state index contributed by atoms with van der Waals surface area (Å²) in [6.45, 7) is 2.86. The smallest absolute Gasteiger partial charge is 0.143 e. The van der Waals surface area contributed by atoms with E-state index < -0.39 is 0 Å². The number of anilines is 1. The normalized spacial score (nSPS) is 16.5. The van der Waals surface area contributed by atoms with Crippen molar-refractivity contribution in [3.63, 3.8) is 0 Å². The molecule has 3 nitrogen and oxygen atoms in total. The minimum atomic E-state index is -0.0525. The zero-order valence-corrected chi connectivity index (χ0v) is 11.4. The second-order valence-electron chi connectivity index (χ2n) is 4.91. The fraction of sp³-hybridized carbons (Fsp3) is 0.235.